The lowest BCUT2D eigenvalue weighted by molar-refractivity contribution is -0.142. The highest BCUT2D eigenvalue weighted by molar-refractivity contribution is 8.00. The normalized spacial score (nSPS) is 12.1. The average Bonchev–Trinajstić information content (AvgIpc) is 2.71. The van der Waals surface area contributed by atoms with Crippen LogP contribution < -0.4 is 0 Å². The lowest BCUT2D eigenvalue weighted by atomic mass is 10.2. The maximum atomic E-state index is 11.7. The van der Waals surface area contributed by atoms with Gasteiger partial charge in [-0.1, -0.05) is 11.8 Å². The number of hydrogen-bond donors (Lipinski definition) is 0. The summed E-state index contributed by atoms with van der Waals surface area (Å²) >= 11 is 2.96. The Hall–Kier alpha value is -1.65. The van der Waals surface area contributed by atoms with Crippen LogP contribution in [0.15, 0.2) is 5.03 Å². The molecule has 110 valence electrons. The second kappa shape index (κ2) is 6.41. The average molecular weight is 321 g/mol. The van der Waals surface area contributed by atoms with Crippen LogP contribution in [0.4, 0.5) is 0 Å². The molecule has 0 aliphatic rings. The standard InChI is InChI=1S/C14H15N3O2S2/c1-7(5-15)19-11(18)6-20-13-12-8(2)9(3)21-14(12)17-10(4)16-13/h7H,6H2,1-4H3/t7-/m1/s1. The van der Waals surface area contributed by atoms with Crippen molar-refractivity contribution >= 4 is 39.3 Å². The number of ether oxygens (including phenoxy) is 1. The Bertz CT molecular complexity index is 734. The number of aryl methyl sites for hydroxylation is 3. The smallest absolute Gasteiger partial charge is 0.317 e. The van der Waals surface area contributed by atoms with Crippen LogP contribution in [0.5, 0.6) is 0 Å². The molecule has 1 atom stereocenters. The Morgan fingerprint density at radius 1 is 1.43 bits per heavy atom. The number of esters is 1. The van der Waals surface area contributed by atoms with Gasteiger partial charge in [0, 0.05) is 10.3 Å². The highest BCUT2D eigenvalue weighted by atomic mass is 32.2. The number of aromatic nitrogens is 2. The van der Waals surface area contributed by atoms with E-state index in [1.807, 2.05) is 26.8 Å². The van der Waals surface area contributed by atoms with E-state index >= 15 is 0 Å². The summed E-state index contributed by atoms with van der Waals surface area (Å²) in [5.41, 5.74) is 1.15. The zero-order chi connectivity index (χ0) is 15.6. The van der Waals surface area contributed by atoms with Crippen molar-refractivity contribution in [1.82, 2.24) is 9.97 Å². The van der Waals surface area contributed by atoms with E-state index in [0.29, 0.717) is 5.82 Å². The maximum absolute atomic E-state index is 11.7. The minimum Gasteiger partial charge on any atom is -0.447 e. The van der Waals surface area contributed by atoms with Crippen molar-refractivity contribution in [2.24, 2.45) is 0 Å². The molecular formula is C14H15N3O2S2. The summed E-state index contributed by atoms with van der Waals surface area (Å²) in [5.74, 6) is 0.402. The van der Waals surface area contributed by atoms with Gasteiger partial charge in [0.15, 0.2) is 6.10 Å². The molecule has 0 bridgehead atoms. The van der Waals surface area contributed by atoms with Crippen LogP contribution in [0.2, 0.25) is 0 Å². The molecule has 0 unspecified atom stereocenters. The molecule has 0 saturated heterocycles. The lowest BCUT2D eigenvalue weighted by Crippen LogP contribution is -2.14. The van der Waals surface area contributed by atoms with Crippen LogP contribution in [0.3, 0.4) is 0 Å². The fourth-order valence-corrected chi connectivity index (χ4v) is 3.86. The van der Waals surface area contributed by atoms with E-state index < -0.39 is 12.1 Å². The van der Waals surface area contributed by atoms with Crippen molar-refractivity contribution in [3.63, 3.8) is 0 Å². The number of thiophene rings is 1. The molecule has 21 heavy (non-hydrogen) atoms. The van der Waals surface area contributed by atoms with Gasteiger partial charge in [-0.25, -0.2) is 9.97 Å². The Kier molecular flexibility index (Phi) is 4.80. The summed E-state index contributed by atoms with van der Waals surface area (Å²) < 4.78 is 4.94. The summed E-state index contributed by atoms with van der Waals surface area (Å²) in [6.45, 7) is 7.47. The number of thioether (sulfide) groups is 1. The second-order valence-electron chi connectivity index (χ2n) is 4.59. The fraction of sp³-hybridized carbons (Fsp3) is 0.429. The van der Waals surface area contributed by atoms with E-state index in [1.165, 1.54) is 16.6 Å². The number of nitriles is 1. The van der Waals surface area contributed by atoms with E-state index in [0.717, 1.165) is 20.8 Å². The molecule has 0 amide bonds. The fourth-order valence-electron chi connectivity index (χ4n) is 1.80. The molecule has 0 saturated carbocycles. The van der Waals surface area contributed by atoms with E-state index in [2.05, 4.69) is 9.97 Å². The van der Waals surface area contributed by atoms with Crippen molar-refractivity contribution in [3.8, 4) is 6.07 Å². The number of carbonyl (C=O) groups excluding carboxylic acids is 1. The van der Waals surface area contributed by atoms with Gasteiger partial charge >= 0.3 is 5.97 Å². The third-order valence-electron chi connectivity index (χ3n) is 2.92. The van der Waals surface area contributed by atoms with Crippen LogP contribution in [0.1, 0.15) is 23.2 Å². The second-order valence-corrected chi connectivity index (χ2v) is 6.76. The summed E-state index contributed by atoms with van der Waals surface area (Å²) in [5, 5.41) is 10.4. The predicted octanol–water partition coefficient (Wildman–Crippen LogP) is 3.16. The zero-order valence-electron chi connectivity index (χ0n) is 12.3. The largest absolute Gasteiger partial charge is 0.447 e. The molecule has 2 aromatic heterocycles. The minimum absolute atomic E-state index is 0.131. The summed E-state index contributed by atoms with van der Waals surface area (Å²) in [7, 11) is 0. The van der Waals surface area contributed by atoms with Gasteiger partial charge in [0.05, 0.1) is 5.75 Å². The van der Waals surface area contributed by atoms with Gasteiger partial charge in [-0.3, -0.25) is 4.79 Å². The number of fused-ring (bicyclic) bond motifs is 1. The van der Waals surface area contributed by atoms with Crippen molar-refractivity contribution in [2.75, 3.05) is 5.75 Å². The highest BCUT2D eigenvalue weighted by Crippen LogP contribution is 2.35. The third kappa shape index (κ3) is 3.52. The lowest BCUT2D eigenvalue weighted by Gasteiger charge is -2.07. The maximum Gasteiger partial charge on any atom is 0.317 e. The van der Waals surface area contributed by atoms with Crippen molar-refractivity contribution in [1.29, 1.82) is 5.26 Å². The van der Waals surface area contributed by atoms with Gasteiger partial charge in [-0.05, 0) is 33.3 Å². The highest BCUT2D eigenvalue weighted by Gasteiger charge is 2.16. The summed E-state index contributed by atoms with van der Waals surface area (Å²) in [6.07, 6.45) is -0.726. The molecule has 5 nitrogen and oxygen atoms in total. The molecule has 2 heterocycles. The Morgan fingerprint density at radius 3 is 2.81 bits per heavy atom. The van der Waals surface area contributed by atoms with E-state index in [-0.39, 0.29) is 5.75 Å². The Labute approximate surface area is 131 Å². The molecule has 2 rings (SSSR count). The first-order valence-corrected chi connectivity index (χ1v) is 8.18. The molecular weight excluding hydrogens is 306 g/mol. The minimum atomic E-state index is -0.726. The van der Waals surface area contributed by atoms with E-state index in [1.54, 1.807) is 18.3 Å². The van der Waals surface area contributed by atoms with Gasteiger partial charge in [0.2, 0.25) is 0 Å². The first-order valence-electron chi connectivity index (χ1n) is 6.38. The quantitative estimate of drug-likeness (QED) is 0.489. The van der Waals surface area contributed by atoms with Gasteiger partial charge in [-0.2, -0.15) is 5.26 Å². The van der Waals surface area contributed by atoms with Crippen molar-refractivity contribution in [2.45, 2.75) is 38.8 Å². The molecule has 0 radical (unpaired) electrons. The van der Waals surface area contributed by atoms with Gasteiger partial charge < -0.3 is 4.74 Å². The Morgan fingerprint density at radius 2 is 2.14 bits per heavy atom. The number of rotatable bonds is 4. The number of carbonyl (C=O) groups is 1. The summed E-state index contributed by atoms with van der Waals surface area (Å²) in [6, 6.07) is 1.87. The van der Waals surface area contributed by atoms with Gasteiger partial charge in [-0.15, -0.1) is 11.3 Å². The topological polar surface area (TPSA) is 75.9 Å². The van der Waals surface area contributed by atoms with Crippen LogP contribution in [0, 0.1) is 32.1 Å². The Balaban J connectivity index is 2.22. The first-order chi connectivity index (χ1) is 9.92. The van der Waals surface area contributed by atoms with E-state index in [4.69, 9.17) is 10.00 Å². The molecule has 7 heteroatoms. The van der Waals surface area contributed by atoms with Gasteiger partial charge in [0.1, 0.15) is 21.7 Å². The van der Waals surface area contributed by atoms with Crippen molar-refractivity contribution < 1.29 is 9.53 Å². The van der Waals surface area contributed by atoms with E-state index in [9.17, 15) is 4.79 Å². The van der Waals surface area contributed by atoms with Crippen LogP contribution in [-0.2, 0) is 9.53 Å². The predicted molar refractivity (Wildman–Crippen MR) is 83.5 cm³/mol. The van der Waals surface area contributed by atoms with Crippen molar-refractivity contribution in [3.05, 3.63) is 16.3 Å². The molecule has 0 fully saturated rings. The monoisotopic (exact) mass is 321 g/mol. The molecule has 2 aromatic rings. The molecule has 0 aliphatic heterocycles. The van der Waals surface area contributed by atoms with Crippen LogP contribution >= 0.6 is 23.1 Å². The van der Waals surface area contributed by atoms with Gasteiger partial charge in [0.25, 0.3) is 0 Å². The number of nitrogens with zero attached hydrogens (tertiary/aromatic N) is 3. The zero-order valence-corrected chi connectivity index (χ0v) is 13.9. The SMILES string of the molecule is Cc1nc(SCC(=O)O[C@H](C)C#N)c2c(C)c(C)sc2n1. The summed E-state index contributed by atoms with van der Waals surface area (Å²) in [4.78, 5) is 22.7. The van der Waals surface area contributed by atoms with Crippen LogP contribution in [-0.4, -0.2) is 27.8 Å². The number of hydrogen-bond acceptors (Lipinski definition) is 7. The molecule has 0 N–H and O–H groups in total. The third-order valence-corrected chi connectivity index (χ3v) is 4.97. The molecule has 0 spiro atoms. The first kappa shape index (κ1) is 15.7. The molecule has 0 aromatic carbocycles. The molecule has 0 aliphatic carbocycles. The van der Waals surface area contributed by atoms with Crippen LogP contribution in [0.25, 0.3) is 10.2 Å².